The molecule has 3 heterocycles. The molecule has 100 valence electrons. The summed E-state index contributed by atoms with van der Waals surface area (Å²) < 4.78 is 1.81. The third kappa shape index (κ3) is 2.08. The van der Waals surface area contributed by atoms with Crippen LogP contribution >= 0.6 is 0 Å². The van der Waals surface area contributed by atoms with Crippen molar-refractivity contribution in [3.05, 3.63) is 29.7 Å². The smallest absolute Gasteiger partial charge is 0.337 e. The average Bonchev–Trinajstić information content (AvgIpc) is 3.03. The summed E-state index contributed by atoms with van der Waals surface area (Å²) in [5, 5.41) is 17.4. The normalized spacial score (nSPS) is 20.2. The third-order valence-corrected chi connectivity index (χ3v) is 3.76. The maximum Gasteiger partial charge on any atom is 0.337 e. The number of likely N-dealkylation sites (tertiary alicyclic amines) is 1. The van der Waals surface area contributed by atoms with Crippen LogP contribution in [0.1, 0.15) is 35.4 Å². The van der Waals surface area contributed by atoms with Gasteiger partial charge in [0, 0.05) is 18.7 Å². The van der Waals surface area contributed by atoms with E-state index in [1.54, 1.807) is 18.3 Å². The number of aromatic carboxylic acids is 1. The van der Waals surface area contributed by atoms with Crippen LogP contribution in [0, 0.1) is 0 Å². The lowest BCUT2D eigenvalue weighted by Crippen LogP contribution is -2.19. The van der Waals surface area contributed by atoms with Gasteiger partial charge in [0.15, 0.2) is 5.65 Å². The second-order valence-corrected chi connectivity index (χ2v) is 4.89. The zero-order valence-corrected chi connectivity index (χ0v) is 10.8. The molecule has 0 amide bonds. The molecule has 0 spiro atoms. The van der Waals surface area contributed by atoms with E-state index in [9.17, 15) is 4.79 Å². The number of carboxylic acid groups (broad SMARTS) is 1. The van der Waals surface area contributed by atoms with Crippen molar-refractivity contribution in [3.8, 4) is 0 Å². The van der Waals surface area contributed by atoms with Gasteiger partial charge in [0.05, 0.1) is 5.56 Å². The van der Waals surface area contributed by atoms with Crippen molar-refractivity contribution in [3.63, 3.8) is 0 Å². The fraction of sp³-hybridized carbons (Fsp3) is 0.462. The van der Waals surface area contributed by atoms with Gasteiger partial charge in [0.2, 0.25) is 0 Å². The molecule has 0 saturated carbocycles. The van der Waals surface area contributed by atoms with Crippen LogP contribution in [0.15, 0.2) is 18.3 Å². The van der Waals surface area contributed by atoms with Crippen molar-refractivity contribution in [1.29, 1.82) is 0 Å². The lowest BCUT2D eigenvalue weighted by atomic mass is 10.1. The van der Waals surface area contributed by atoms with Crippen molar-refractivity contribution in [2.45, 2.75) is 19.3 Å². The maximum atomic E-state index is 11.0. The number of nitrogens with zero attached hydrogens (tertiary/aromatic N) is 4. The molecular weight excluding hydrogens is 244 g/mol. The molecule has 1 fully saturated rings. The number of aromatic nitrogens is 3. The number of carbonyl (C=O) groups is 1. The zero-order chi connectivity index (χ0) is 13.4. The minimum absolute atomic E-state index is 0.263. The first-order valence-corrected chi connectivity index (χ1v) is 6.49. The largest absolute Gasteiger partial charge is 0.478 e. The second kappa shape index (κ2) is 4.62. The van der Waals surface area contributed by atoms with Gasteiger partial charge in [-0.05, 0) is 31.6 Å². The molecule has 2 aromatic rings. The van der Waals surface area contributed by atoms with Gasteiger partial charge in [-0.2, -0.15) is 0 Å². The molecule has 0 aromatic carbocycles. The summed E-state index contributed by atoms with van der Waals surface area (Å²) in [4.78, 5) is 13.4. The van der Waals surface area contributed by atoms with Gasteiger partial charge < -0.3 is 10.0 Å². The summed E-state index contributed by atoms with van der Waals surface area (Å²) in [5.41, 5.74) is 0.967. The quantitative estimate of drug-likeness (QED) is 0.899. The van der Waals surface area contributed by atoms with Crippen LogP contribution in [0.4, 0.5) is 0 Å². The molecule has 0 aliphatic carbocycles. The lowest BCUT2D eigenvalue weighted by molar-refractivity contribution is 0.0696. The summed E-state index contributed by atoms with van der Waals surface area (Å²) in [5.74, 6) is 0.274. The molecular formula is C13H16N4O2. The fourth-order valence-electron chi connectivity index (χ4n) is 2.64. The van der Waals surface area contributed by atoms with Crippen LogP contribution in [-0.2, 0) is 0 Å². The molecule has 6 heteroatoms. The number of hydrogen-bond acceptors (Lipinski definition) is 4. The van der Waals surface area contributed by atoms with Crippen LogP contribution in [0.25, 0.3) is 5.65 Å². The summed E-state index contributed by atoms with van der Waals surface area (Å²) in [6.07, 6.45) is 2.66. The first kappa shape index (κ1) is 12.1. The molecule has 2 aromatic heterocycles. The highest BCUT2D eigenvalue weighted by atomic mass is 16.4. The van der Waals surface area contributed by atoms with Gasteiger partial charge in [0.25, 0.3) is 0 Å². The Balaban J connectivity index is 1.99. The summed E-state index contributed by atoms with van der Waals surface area (Å²) in [6.45, 7) is 5.21. The van der Waals surface area contributed by atoms with Gasteiger partial charge in [-0.1, -0.05) is 6.92 Å². The Morgan fingerprint density at radius 2 is 2.32 bits per heavy atom. The van der Waals surface area contributed by atoms with Crippen LogP contribution in [0.3, 0.4) is 0 Å². The van der Waals surface area contributed by atoms with Gasteiger partial charge in [0.1, 0.15) is 5.82 Å². The molecule has 1 N–H and O–H groups in total. The van der Waals surface area contributed by atoms with Gasteiger partial charge in [-0.25, -0.2) is 4.79 Å². The van der Waals surface area contributed by atoms with Crippen LogP contribution in [0.2, 0.25) is 0 Å². The van der Waals surface area contributed by atoms with E-state index in [1.165, 1.54) is 0 Å². The summed E-state index contributed by atoms with van der Waals surface area (Å²) in [6, 6.07) is 3.26. The highest BCUT2D eigenvalue weighted by Crippen LogP contribution is 2.26. The molecule has 0 bridgehead atoms. The van der Waals surface area contributed by atoms with Gasteiger partial charge in [-0.15, -0.1) is 10.2 Å². The second-order valence-electron chi connectivity index (χ2n) is 4.89. The van der Waals surface area contributed by atoms with E-state index >= 15 is 0 Å². The van der Waals surface area contributed by atoms with E-state index < -0.39 is 5.97 Å². The van der Waals surface area contributed by atoms with Crippen molar-refractivity contribution >= 4 is 11.6 Å². The third-order valence-electron chi connectivity index (χ3n) is 3.76. The molecule has 1 saturated heterocycles. The molecule has 1 atom stereocenters. The Morgan fingerprint density at radius 3 is 3.00 bits per heavy atom. The Hall–Kier alpha value is -1.95. The van der Waals surface area contributed by atoms with Crippen LogP contribution in [-0.4, -0.2) is 50.2 Å². The topological polar surface area (TPSA) is 70.7 Å². The van der Waals surface area contributed by atoms with Crippen molar-refractivity contribution in [2.24, 2.45) is 0 Å². The van der Waals surface area contributed by atoms with Crippen LogP contribution in [0.5, 0.6) is 0 Å². The van der Waals surface area contributed by atoms with E-state index in [1.807, 2.05) is 4.40 Å². The predicted octanol–water partition coefficient (Wildman–Crippen LogP) is 1.24. The molecule has 19 heavy (non-hydrogen) atoms. The summed E-state index contributed by atoms with van der Waals surface area (Å²) >= 11 is 0. The van der Waals surface area contributed by atoms with E-state index in [4.69, 9.17) is 5.11 Å². The number of hydrogen-bond donors (Lipinski definition) is 1. The van der Waals surface area contributed by atoms with E-state index in [0.717, 1.165) is 31.9 Å². The van der Waals surface area contributed by atoms with E-state index in [-0.39, 0.29) is 5.56 Å². The standard InChI is InChI=1S/C13H16N4O2/c1-2-16-6-5-9(7-16)12-15-14-11-4-3-10(13(18)19)8-17(11)12/h3-4,8-9H,2,5-7H2,1H3,(H,18,19). The predicted molar refractivity (Wildman–Crippen MR) is 69.4 cm³/mol. The van der Waals surface area contributed by atoms with Crippen molar-refractivity contribution in [1.82, 2.24) is 19.5 Å². The maximum absolute atomic E-state index is 11.0. The highest BCUT2D eigenvalue weighted by Gasteiger charge is 2.26. The minimum atomic E-state index is -0.928. The zero-order valence-electron chi connectivity index (χ0n) is 10.8. The number of fused-ring (bicyclic) bond motifs is 1. The number of rotatable bonds is 3. The first-order valence-electron chi connectivity index (χ1n) is 6.49. The lowest BCUT2D eigenvalue weighted by Gasteiger charge is -2.12. The summed E-state index contributed by atoms with van der Waals surface area (Å²) in [7, 11) is 0. The Morgan fingerprint density at radius 1 is 1.47 bits per heavy atom. The Kier molecular flexibility index (Phi) is 2.94. The monoisotopic (exact) mass is 260 g/mol. The molecule has 1 unspecified atom stereocenters. The Bertz CT molecular complexity index is 622. The van der Waals surface area contributed by atoms with E-state index in [2.05, 4.69) is 22.0 Å². The molecule has 1 aliphatic heterocycles. The highest BCUT2D eigenvalue weighted by molar-refractivity contribution is 5.87. The molecule has 6 nitrogen and oxygen atoms in total. The fourth-order valence-corrected chi connectivity index (χ4v) is 2.64. The molecule has 3 rings (SSSR count). The van der Waals surface area contributed by atoms with Crippen molar-refractivity contribution in [2.75, 3.05) is 19.6 Å². The van der Waals surface area contributed by atoms with Gasteiger partial charge >= 0.3 is 5.97 Å². The van der Waals surface area contributed by atoms with E-state index in [0.29, 0.717) is 11.6 Å². The molecule has 0 radical (unpaired) electrons. The number of carboxylic acids is 1. The average molecular weight is 260 g/mol. The van der Waals surface area contributed by atoms with Gasteiger partial charge in [-0.3, -0.25) is 4.40 Å². The van der Waals surface area contributed by atoms with Crippen molar-refractivity contribution < 1.29 is 9.90 Å². The number of likely N-dealkylation sites (N-methyl/N-ethyl adjacent to an activating group) is 1. The number of pyridine rings is 1. The van der Waals surface area contributed by atoms with Crippen LogP contribution < -0.4 is 0 Å². The molecule has 1 aliphatic rings. The SMILES string of the molecule is CCN1CCC(c2nnc3ccc(C(=O)O)cn23)C1. The minimum Gasteiger partial charge on any atom is -0.478 e. The first-order chi connectivity index (χ1) is 9.19. The Labute approximate surface area is 110 Å².